The summed E-state index contributed by atoms with van der Waals surface area (Å²) in [6.07, 6.45) is 0. The van der Waals surface area contributed by atoms with Crippen LogP contribution >= 0.6 is 0 Å². The number of nitrogens with zero attached hydrogens (tertiary/aromatic N) is 6. The largest absolute Gasteiger partial charge is 0.497 e. The van der Waals surface area contributed by atoms with Gasteiger partial charge in [-0.15, -0.1) is 0 Å². The molecule has 1 aromatic heterocycles. The second-order valence-corrected chi connectivity index (χ2v) is 8.93. The number of carbonyl (C=O) groups is 2. The summed E-state index contributed by atoms with van der Waals surface area (Å²) in [7, 11) is 3.35. The number of rotatable bonds is 6. The molecule has 0 spiro atoms. The van der Waals surface area contributed by atoms with Crippen molar-refractivity contribution in [2.45, 2.75) is 26.4 Å². The highest BCUT2D eigenvalue weighted by atomic mass is 16.5. The molecule has 1 aromatic carbocycles. The number of hydrogen-bond donors (Lipinski definition) is 0. The Hall–Kier alpha value is -3.24. The summed E-state index contributed by atoms with van der Waals surface area (Å²) >= 11 is 0. The van der Waals surface area contributed by atoms with Crippen LogP contribution < -0.4 is 9.30 Å². The predicted octanol–water partition coefficient (Wildman–Crippen LogP) is 1.26. The minimum absolute atomic E-state index is 0.219. The molecule has 0 bridgehead atoms. The van der Waals surface area contributed by atoms with Gasteiger partial charge in [0.15, 0.2) is 0 Å². The molecule has 0 aliphatic carbocycles. The Bertz CT molecular complexity index is 1150. The standard InChI is InChI=1S/C24H31N6O4/c1-16-17(2)30-20-21(25-23(30)29(16)15-18-5-7-19(33-4)8-6-18)26(3)24(32)28(22(20)31)10-9-27-11-13-34-14-12-27/h5-8,20H,9-15H2,1-4H3/q+1. The minimum Gasteiger partial charge on any atom is -0.497 e. The molecule has 1 atom stereocenters. The summed E-state index contributed by atoms with van der Waals surface area (Å²) < 4.78 is 14.7. The average molecular weight is 468 g/mol. The van der Waals surface area contributed by atoms with E-state index in [9.17, 15) is 9.59 Å². The van der Waals surface area contributed by atoms with E-state index in [0.717, 1.165) is 35.8 Å². The van der Waals surface area contributed by atoms with Crippen LogP contribution in [0.4, 0.5) is 10.7 Å². The van der Waals surface area contributed by atoms with E-state index < -0.39 is 6.04 Å². The number of aromatic nitrogens is 2. The van der Waals surface area contributed by atoms with E-state index in [2.05, 4.69) is 9.47 Å². The fraction of sp³-hybridized carbons (Fsp3) is 0.500. The van der Waals surface area contributed by atoms with Crippen molar-refractivity contribution in [1.82, 2.24) is 19.3 Å². The van der Waals surface area contributed by atoms with Crippen LogP contribution in [0.25, 0.3) is 0 Å². The number of likely N-dealkylation sites (N-methyl/N-ethyl adjacent to an activating group) is 1. The zero-order chi connectivity index (χ0) is 24.0. The van der Waals surface area contributed by atoms with Gasteiger partial charge in [0.1, 0.15) is 17.1 Å². The Morgan fingerprint density at radius 1 is 1.12 bits per heavy atom. The highest BCUT2D eigenvalue weighted by Gasteiger charge is 2.54. The molecule has 0 N–H and O–H groups in total. The van der Waals surface area contributed by atoms with Gasteiger partial charge in [-0.3, -0.25) is 19.5 Å². The van der Waals surface area contributed by atoms with Gasteiger partial charge in [-0.25, -0.2) is 13.9 Å². The summed E-state index contributed by atoms with van der Waals surface area (Å²) in [4.78, 5) is 36.6. The number of imidazole rings is 1. The van der Waals surface area contributed by atoms with E-state index in [1.165, 1.54) is 9.80 Å². The quantitative estimate of drug-likeness (QED) is 0.598. The summed E-state index contributed by atoms with van der Waals surface area (Å²) in [6.45, 7) is 8.63. The van der Waals surface area contributed by atoms with E-state index in [1.54, 1.807) is 14.2 Å². The molecule has 0 radical (unpaired) electrons. The van der Waals surface area contributed by atoms with Crippen molar-refractivity contribution in [2.24, 2.45) is 4.99 Å². The summed E-state index contributed by atoms with van der Waals surface area (Å²) in [5.74, 6) is 1.76. The van der Waals surface area contributed by atoms with Gasteiger partial charge >= 0.3 is 12.0 Å². The van der Waals surface area contributed by atoms with Gasteiger partial charge in [0.2, 0.25) is 11.9 Å². The van der Waals surface area contributed by atoms with E-state index in [0.29, 0.717) is 44.6 Å². The van der Waals surface area contributed by atoms with Crippen LogP contribution in [-0.2, 0) is 16.1 Å². The number of benzene rings is 1. The predicted molar refractivity (Wildman–Crippen MR) is 124 cm³/mol. The van der Waals surface area contributed by atoms with Crippen LogP contribution in [0.5, 0.6) is 5.75 Å². The minimum atomic E-state index is -0.627. The van der Waals surface area contributed by atoms with Gasteiger partial charge in [0, 0.05) is 33.2 Å². The molecule has 0 saturated carbocycles. The number of aliphatic imine (C=N–C) groups is 1. The number of amidine groups is 1. The van der Waals surface area contributed by atoms with Crippen molar-refractivity contribution >= 4 is 23.7 Å². The number of ether oxygens (including phenoxy) is 2. The van der Waals surface area contributed by atoms with E-state index >= 15 is 0 Å². The number of imide groups is 1. The topological polar surface area (TPSA) is 83.5 Å². The smallest absolute Gasteiger partial charge is 0.402 e. The number of hydrogen-bond acceptors (Lipinski definition) is 6. The molecule has 2 saturated heterocycles. The summed E-state index contributed by atoms with van der Waals surface area (Å²) in [5.41, 5.74) is 3.11. The van der Waals surface area contributed by atoms with Crippen LogP contribution in [-0.4, -0.2) is 90.6 Å². The SMILES string of the molecule is COc1ccc(C[n+]2c(C)c(C)n3c2N=C2C3C(=O)N(CCN3CCOCC3)C(=O)N2C)cc1. The summed E-state index contributed by atoms with van der Waals surface area (Å²) in [5, 5.41) is 0. The molecule has 1 unspecified atom stereocenters. The second kappa shape index (κ2) is 8.84. The third-order valence-electron chi connectivity index (χ3n) is 7.07. The van der Waals surface area contributed by atoms with Crippen LogP contribution in [0, 0.1) is 13.8 Å². The number of amides is 3. The zero-order valence-electron chi connectivity index (χ0n) is 20.2. The molecule has 5 rings (SSSR count). The van der Waals surface area contributed by atoms with Gasteiger partial charge in [0.25, 0.3) is 5.91 Å². The van der Waals surface area contributed by atoms with Crippen LogP contribution in [0.3, 0.4) is 0 Å². The molecular weight excluding hydrogens is 436 g/mol. The van der Waals surface area contributed by atoms with Gasteiger partial charge < -0.3 is 9.47 Å². The summed E-state index contributed by atoms with van der Waals surface area (Å²) in [6, 6.07) is 6.96. The number of carbonyl (C=O) groups excluding carboxylic acids is 2. The second-order valence-electron chi connectivity index (χ2n) is 8.93. The fourth-order valence-electron chi connectivity index (χ4n) is 4.88. The molecule has 10 heteroatoms. The highest BCUT2D eigenvalue weighted by Crippen LogP contribution is 2.35. The number of fused-ring (bicyclic) bond motifs is 3. The first-order chi connectivity index (χ1) is 16.4. The molecule has 3 aliphatic rings. The maximum absolute atomic E-state index is 13.6. The fourth-order valence-corrected chi connectivity index (χ4v) is 4.88. The van der Waals surface area contributed by atoms with E-state index in [4.69, 9.17) is 14.5 Å². The maximum Gasteiger partial charge on any atom is 0.402 e. The first kappa shape index (κ1) is 22.5. The molecule has 3 aliphatic heterocycles. The van der Waals surface area contributed by atoms with Crippen LogP contribution in [0.15, 0.2) is 29.3 Å². The van der Waals surface area contributed by atoms with Crippen molar-refractivity contribution in [3.63, 3.8) is 0 Å². The normalized spacial score (nSPS) is 20.5. The maximum atomic E-state index is 13.6. The Kier molecular flexibility index (Phi) is 5.86. The lowest BCUT2D eigenvalue weighted by molar-refractivity contribution is -0.680. The van der Waals surface area contributed by atoms with Crippen LogP contribution in [0.2, 0.25) is 0 Å². The van der Waals surface area contributed by atoms with Gasteiger partial charge in [0.05, 0.1) is 26.9 Å². The number of methoxy groups -OCH3 is 1. The molecular formula is C24H31N6O4+. The van der Waals surface area contributed by atoms with Crippen molar-refractivity contribution in [3.05, 3.63) is 41.2 Å². The third kappa shape index (κ3) is 3.67. The van der Waals surface area contributed by atoms with Crippen molar-refractivity contribution in [3.8, 4) is 5.75 Å². The number of morpholine rings is 1. The number of urea groups is 1. The highest BCUT2D eigenvalue weighted by molar-refractivity contribution is 6.20. The first-order valence-corrected chi connectivity index (χ1v) is 11.6. The van der Waals surface area contributed by atoms with Gasteiger partial charge in [-0.2, -0.15) is 0 Å². The van der Waals surface area contributed by atoms with Crippen LogP contribution in [0.1, 0.15) is 23.0 Å². The Balaban J connectivity index is 1.43. The van der Waals surface area contributed by atoms with E-state index in [-0.39, 0.29) is 11.9 Å². The monoisotopic (exact) mass is 467 g/mol. The molecule has 2 aromatic rings. The first-order valence-electron chi connectivity index (χ1n) is 11.6. The zero-order valence-corrected chi connectivity index (χ0v) is 20.2. The Morgan fingerprint density at radius 2 is 1.82 bits per heavy atom. The van der Waals surface area contributed by atoms with Gasteiger partial charge in [-0.1, -0.05) is 17.1 Å². The van der Waals surface area contributed by atoms with E-state index in [1.807, 2.05) is 42.7 Å². The lowest BCUT2D eigenvalue weighted by Crippen LogP contribution is -2.59. The lowest BCUT2D eigenvalue weighted by Gasteiger charge is -2.35. The Labute approximate surface area is 199 Å². The van der Waals surface area contributed by atoms with Gasteiger partial charge in [-0.05, 0) is 31.5 Å². The molecule has 10 nitrogen and oxygen atoms in total. The molecule has 3 amide bonds. The lowest BCUT2D eigenvalue weighted by atomic mass is 10.1. The third-order valence-corrected chi connectivity index (χ3v) is 7.07. The Morgan fingerprint density at radius 3 is 2.50 bits per heavy atom. The molecule has 2 fully saturated rings. The molecule has 34 heavy (non-hydrogen) atoms. The molecule has 180 valence electrons. The van der Waals surface area contributed by atoms with Crippen molar-refractivity contribution in [1.29, 1.82) is 0 Å². The average Bonchev–Trinajstić information content (AvgIpc) is 3.35. The van der Waals surface area contributed by atoms with Crippen molar-refractivity contribution in [2.75, 3.05) is 53.6 Å². The van der Waals surface area contributed by atoms with Crippen molar-refractivity contribution < 1.29 is 23.6 Å². The molecule has 4 heterocycles.